The number of rotatable bonds is 2. The Bertz CT molecular complexity index is 436. The fraction of sp³-hybridized carbons (Fsp3) is 0.538. The molecule has 0 bridgehead atoms. The highest BCUT2D eigenvalue weighted by atomic mass is 79.9. The van der Waals surface area contributed by atoms with Gasteiger partial charge in [-0.2, -0.15) is 0 Å². The van der Waals surface area contributed by atoms with Crippen LogP contribution in [0.4, 0.5) is 0 Å². The average Bonchev–Trinajstić information content (AvgIpc) is 2.87. The Morgan fingerprint density at radius 2 is 2.29 bits per heavy atom. The number of hydrogen-bond acceptors (Lipinski definition) is 2. The number of halogens is 2. The van der Waals surface area contributed by atoms with E-state index in [1.165, 1.54) is 28.6 Å². The maximum absolute atomic E-state index is 5.76. The van der Waals surface area contributed by atoms with Crippen LogP contribution < -0.4 is 4.74 Å². The van der Waals surface area contributed by atoms with Crippen molar-refractivity contribution >= 4 is 31.9 Å². The third-order valence-corrected chi connectivity index (χ3v) is 4.64. The molecule has 17 heavy (non-hydrogen) atoms. The van der Waals surface area contributed by atoms with Gasteiger partial charge in [-0.15, -0.1) is 0 Å². The topological polar surface area (TPSA) is 12.5 Å². The van der Waals surface area contributed by atoms with Crippen molar-refractivity contribution in [1.82, 2.24) is 4.90 Å². The van der Waals surface area contributed by atoms with Gasteiger partial charge in [-0.3, -0.25) is 4.90 Å². The Hall–Kier alpha value is -0.0600. The van der Waals surface area contributed by atoms with Crippen LogP contribution in [-0.2, 0) is 13.0 Å². The Labute approximate surface area is 119 Å². The van der Waals surface area contributed by atoms with Crippen LogP contribution in [0.15, 0.2) is 16.6 Å². The molecule has 1 aromatic carbocycles. The maximum atomic E-state index is 5.76. The van der Waals surface area contributed by atoms with Crippen molar-refractivity contribution in [3.8, 4) is 5.75 Å². The van der Waals surface area contributed by atoms with Crippen LogP contribution in [0.5, 0.6) is 5.75 Å². The monoisotopic (exact) mass is 359 g/mol. The van der Waals surface area contributed by atoms with Crippen LogP contribution in [-0.4, -0.2) is 29.4 Å². The third kappa shape index (κ3) is 2.54. The summed E-state index contributed by atoms with van der Waals surface area (Å²) in [5.74, 6) is 1.13. The molecular weight excluding hydrogens is 346 g/mol. The van der Waals surface area contributed by atoms with Gasteiger partial charge in [-0.1, -0.05) is 31.9 Å². The van der Waals surface area contributed by atoms with Gasteiger partial charge in [0.2, 0.25) is 0 Å². The average molecular weight is 361 g/mol. The number of benzene rings is 1. The molecule has 4 heteroatoms. The van der Waals surface area contributed by atoms with E-state index in [1.54, 1.807) is 0 Å². The molecule has 1 unspecified atom stereocenters. The Morgan fingerprint density at radius 1 is 1.41 bits per heavy atom. The zero-order chi connectivity index (χ0) is 11.8. The predicted molar refractivity (Wildman–Crippen MR) is 76.0 cm³/mol. The standard InChI is InChI=1S/C13H15Br2NO/c14-11-1-3-16(8-11)7-10-6-12(15)5-9-2-4-17-13(9)10/h5-6,11H,1-4,7-8H2. The molecule has 2 aliphatic rings. The summed E-state index contributed by atoms with van der Waals surface area (Å²) < 4.78 is 6.94. The predicted octanol–water partition coefficient (Wildman–Crippen LogP) is 3.35. The summed E-state index contributed by atoms with van der Waals surface area (Å²) in [6.45, 7) is 4.15. The first kappa shape index (κ1) is 12.0. The first-order valence-electron chi connectivity index (χ1n) is 6.03. The van der Waals surface area contributed by atoms with Gasteiger partial charge in [-0.05, 0) is 30.7 Å². The largest absolute Gasteiger partial charge is 0.493 e. The summed E-state index contributed by atoms with van der Waals surface area (Å²) in [6, 6.07) is 4.38. The highest BCUT2D eigenvalue weighted by molar-refractivity contribution is 9.10. The quantitative estimate of drug-likeness (QED) is 0.750. The van der Waals surface area contributed by atoms with Crippen molar-refractivity contribution in [3.63, 3.8) is 0 Å². The molecule has 2 heterocycles. The minimum atomic E-state index is 0.656. The lowest BCUT2D eigenvalue weighted by Gasteiger charge is -2.17. The molecule has 0 radical (unpaired) electrons. The molecule has 1 aromatic rings. The molecule has 0 aliphatic carbocycles. The second kappa shape index (κ2) is 4.90. The first-order chi connectivity index (χ1) is 8.22. The Morgan fingerprint density at radius 3 is 3.06 bits per heavy atom. The van der Waals surface area contributed by atoms with E-state index < -0.39 is 0 Å². The van der Waals surface area contributed by atoms with Crippen LogP contribution in [0.1, 0.15) is 17.5 Å². The lowest BCUT2D eigenvalue weighted by atomic mass is 10.1. The SMILES string of the molecule is Brc1cc2c(c(CN3CCC(Br)C3)c1)OCC2. The van der Waals surface area contributed by atoms with Crippen molar-refractivity contribution in [2.45, 2.75) is 24.2 Å². The van der Waals surface area contributed by atoms with Gasteiger partial charge < -0.3 is 4.74 Å². The highest BCUT2D eigenvalue weighted by Gasteiger charge is 2.23. The minimum Gasteiger partial charge on any atom is -0.493 e. The summed E-state index contributed by atoms with van der Waals surface area (Å²) >= 11 is 7.28. The second-order valence-corrected chi connectivity index (χ2v) is 6.98. The molecule has 0 saturated carbocycles. The van der Waals surface area contributed by atoms with Crippen molar-refractivity contribution in [2.75, 3.05) is 19.7 Å². The number of likely N-dealkylation sites (tertiary alicyclic amines) is 1. The zero-order valence-corrected chi connectivity index (χ0v) is 12.8. The van der Waals surface area contributed by atoms with E-state index in [0.717, 1.165) is 31.9 Å². The minimum absolute atomic E-state index is 0.656. The van der Waals surface area contributed by atoms with Gasteiger partial charge in [0.15, 0.2) is 0 Å². The van der Waals surface area contributed by atoms with E-state index >= 15 is 0 Å². The van der Waals surface area contributed by atoms with Crippen molar-refractivity contribution in [2.24, 2.45) is 0 Å². The molecule has 0 spiro atoms. The summed E-state index contributed by atoms with van der Waals surface area (Å²) in [6.07, 6.45) is 2.29. The fourth-order valence-corrected chi connectivity index (χ4v) is 3.80. The van der Waals surface area contributed by atoms with Crippen LogP contribution in [0.2, 0.25) is 0 Å². The van der Waals surface area contributed by atoms with Gasteiger partial charge >= 0.3 is 0 Å². The normalized spacial score (nSPS) is 23.8. The van der Waals surface area contributed by atoms with Gasteiger partial charge in [0.1, 0.15) is 5.75 Å². The molecule has 92 valence electrons. The van der Waals surface area contributed by atoms with E-state index in [9.17, 15) is 0 Å². The smallest absolute Gasteiger partial charge is 0.127 e. The van der Waals surface area contributed by atoms with Crippen LogP contribution in [0, 0.1) is 0 Å². The maximum Gasteiger partial charge on any atom is 0.127 e. The van der Waals surface area contributed by atoms with Gasteiger partial charge in [0.25, 0.3) is 0 Å². The van der Waals surface area contributed by atoms with Crippen LogP contribution in [0.3, 0.4) is 0 Å². The molecule has 0 N–H and O–H groups in total. The van der Waals surface area contributed by atoms with Crippen LogP contribution >= 0.6 is 31.9 Å². The lowest BCUT2D eigenvalue weighted by molar-refractivity contribution is 0.313. The molecular formula is C13H15Br2NO. The number of hydrogen-bond donors (Lipinski definition) is 0. The van der Waals surface area contributed by atoms with Gasteiger partial charge in [0.05, 0.1) is 6.61 Å². The second-order valence-electron chi connectivity index (χ2n) is 4.77. The molecule has 0 aromatic heterocycles. The molecule has 2 nitrogen and oxygen atoms in total. The number of fused-ring (bicyclic) bond motifs is 1. The molecule has 3 rings (SSSR count). The highest BCUT2D eigenvalue weighted by Crippen LogP contribution is 2.34. The van der Waals surface area contributed by atoms with Gasteiger partial charge in [0, 0.05) is 34.4 Å². The summed E-state index contributed by atoms with van der Waals surface area (Å²) in [5.41, 5.74) is 2.68. The van der Waals surface area contributed by atoms with Crippen molar-refractivity contribution < 1.29 is 4.74 Å². The van der Waals surface area contributed by atoms with E-state index in [1.807, 2.05) is 0 Å². The third-order valence-electron chi connectivity index (χ3n) is 3.43. The summed E-state index contributed by atoms with van der Waals surface area (Å²) in [7, 11) is 0. The molecule has 1 atom stereocenters. The summed E-state index contributed by atoms with van der Waals surface area (Å²) in [4.78, 5) is 3.15. The van der Waals surface area contributed by atoms with Crippen molar-refractivity contribution in [1.29, 1.82) is 0 Å². The molecule has 2 aliphatic heterocycles. The summed E-state index contributed by atoms with van der Waals surface area (Å²) in [5, 5.41) is 0. The number of ether oxygens (including phenoxy) is 1. The molecule has 1 saturated heterocycles. The number of nitrogens with zero attached hydrogens (tertiary/aromatic N) is 1. The van der Waals surface area contributed by atoms with E-state index in [4.69, 9.17) is 4.74 Å². The van der Waals surface area contributed by atoms with E-state index in [-0.39, 0.29) is 0 Å². The Balaban J connectivity index is 1.83. The Kier molecular flexibility index (Phi) is 3.46. The fourth-order valence-electron chi connectivity index (χ4n) is 2.63. The van der Waals surface area contributed by atoms with Crippen molar-refractivity contribution in [3.05, 3.63) is 27.7 Å². The number of alkyl halides is 1. The molecule has 0 amide bonds. The van der Waals surface area contributed by atoms with E-state index in [2.05, 4.69) is 48.9 Å². The van der Waals surface area contributed by atoms with Gasteiger partial charge in [-0.25, -0.2) is 0 Å². The first-order valence-corrected chi connectivity index (χ1v) is 7.74. The zero-order valence-electron chi connectivity index (χ0n) is 9.59. The van der Waals surface area contributed by atoms with E-state index in [0.29, 0.717) is 4.83 Å². The lowest BCUT2D eigenvalue weighted by Crippen LogP contribution is -2.20. The molecule has 1 fully saturated rings. The van der Waals surface area contributed by atoms with Crippen LogP contribution in [0.25, 0.3) is 0 Å².